The number of carbonyl (C=O) groups is 2. The highest BCUT2D eigenvalue weighted by Gasteiger charge is 2.23. The van der Waals surface area contributed by atoms with Gasteiger partial charge in [-0.05, 0) is 62.0 Å². The van der Waals surface area contributed by atoms with Crippen molar-refractivity contribution in [2.24, 2.45) is 0 Å². The van der Waals surface area contributed by atoms with Crippen LogP contribution in [-0.2, 0) is 19.6 Å². The van der Waals surface area contributed by atoms with Crippen LogP contribution < -0.4 is 5.32 Å². The van der Waals surface area contributed by atoms with Gasteiger partial charge in [0.15, 0.2) is 6.61 Å². The smallest absolute Gasteiger partial charge is 0.349 e. The van der Waals surface area contributed by atoms with E-state index in [0.717, 1.165) is 5.56 Å². The maximum absolute atomic E-state index is 12.4. The Hall–Kier alpha value is -2.23. The molecular weight excluding hydrogens is 388 g/mol. The number of benzene rings is 1. The summed E-state index contributed by atoms with van der Waals surface area (Å²) >= 11 is 1.25. The van der Waals surface area contributed by atoms with Gasteiger partial charge >= 0.3 is 5.97 Å². The minimum Gasteiger partial charge on any atom is -0.451 e. The minimum absolute atomic E-state index is 0.135. The Labute approximate surface area is 163 Å². The highest BCUT2D eigenvalue weighted by Crippen LogP contribution is 2.19. The van der Waals surface area contributed by atoms with Crippen LogP contribution in [0.2, 0.25) is 0 Å². The van der Waals surface area contributed by atoms with Crippen LogP contribution >= 0.6 is 11.3 Å². The molecule has 2 aromatic rings. The van der Waals surface area contributed by atoms with E-state index >= 15 is 0 Å². The van der Waals surface area contributed by atoms with Gasteiger partial charge in [0.05, 0.1) is 4.90 Å². The van der Waals surface area contributed by atoms with Gasteiger partial charge in [0, 0.05) is 18.8 Å². The summed E-state index contributed by atoms with van der Waals surface area (Å²) in [4.78, 5) is 24.4. The van der Waals surface area contributed by atoms with Crippen LogP contribution in [-0.4, -0.2) is 44.3 Å². The van der Waals surface area contributed by atoms with Crippen molar-refractivity contribution in [1.82, 2.24) is 4.31 Å². The second-order valence-corrected chi connectivity index (χ2v) is 9.11. The molecule has 1 aromatic heterocycles. The predicted octanol–water partition coefficient (Wildman–Crippen LogP) is 2.88. The molecule has 0 atom stereocenters. The summed E-state index contributed by atoms with van der Waals surface area (Å²) in [5.74, 6) is -1.05. The van der Waals surface area contributed by atoms with Crippen molar-refractivity contribution in [2.75, 3.05) is 19.0 Å². The molecule has 2 rings (SSSR count). The van der Waals surface area contributed by atoms with E-state index in [1.807, 2.05) is 0 Å². The molecule has 1 aromatic carbocycles. The van der Waals surface area contributed by atoms with Crippen LogP contribution in [0, 0.1) is 6.92 Å². The number of hydrogen-bond donors (Lipinski definition) is 1. The van der Waals surface area contributed by atoms with Gasteiger partial charge in [0.25, 0.3) is 5.91 Å². The molecule has 9 heteroatoms. The molecule has 1 N–H and O–H groups in total. The quantitative estimate of drug-likeness (QED) is 0.709. The van der Waals surface area contributed by atoms with E-state index in [0.29, 0.717) is 10.6 Å². The summed E-state index contributed by atoms with van der Waals surface area (Å²) in [6.07, 6.45) is 0. The van der Waals surface area contributed by atoms with Gasteiger partial charge in [-0.3, -0.25) is 4.79 Å². The number of rotatable bonds is 7. The maximum atomic E-state index is 12.4. The van der Waals surface area contributed by atoms with Crippen LogP contribution in [0.3, 0.4) is 0 Å². The third-order valence-corrected chi connectivity index (χ3v) is 6.97. The zero-order chi connectivity index (χ0) is 20.2. The molecule has 0 aliphatic carbocycles. The third kappa shape index (κ3) is 5.15. The lowest BCUT2D eigenvalue weighted by atomic mass is 10.3. The number of carbonyl (C=O) groups excluding carboxylic acids is 2. The molecule has 0 fully saturated rings. The highest BCUT2D eigenvalue weighted by atomic mass is 32.2. The van der Waals surface area contributed by atoms with Gasteiger partial charge in [-0.1, -0.05) is 0 Å². The lowest BCUT2D eigenvalue weighted by Gasteiger charge is -2.21. The Balaban J connectivity index is 1.95. The second kappa shape index (κ2) is 8.64. The first-order valence-corrected chi connectivity index (χ1v) is 10.5. The zero-order valence-corrected chi connectivity index (χ0v) is 17.2. The first-order chi connectivity index (χ1) is 12.6. The number of sulfonamides is 1. The molecule has 0 bridgehead atoms. The maximum Gasteiger partial charge on any atom is 0.349 e. The molecule has 1 amide bonds. The van der Waals surface area contributed by atoms with Gasteiger partial charge < -0.3 is 10.1 Å². The fourth-order valence-electron chi connectivity index (χ4n) is 2.13. The molecule has 0 spiro atoms. The fraction of sp³-hybridized carbons (Fsp3) is 0.333. The molecule has 0 radical (unpaired) electrons. The minimum atomic E-state index is -3.58. The largest absolute Gasteiger partial charge is 0.451 e. The second-order valence-electron chi connectivity index (χ2n) is 6.20. The molecule has 0 unspecified atom stereocenters. The third-order valence-electron chi connectivity index (χ3n) is 3.92. The molecular formula is C18H22N2O5S2. The molecule has 27 heavy (non-hydrogen) atoms. The van der Waals surface area contributed by atoms with Crippen LogP contribution in [0.4, 0.5) is 5.69 Å². The van der Waals surface area contributed by atoms with Crippen LogP contribution in [0.5, 0.6) is 0 Å². The van der Waals surface area contributed by atoms with Crippen molar-refractivity contribution in [1.29, 1.82) is 0 Å². The fourth-order valence-corrected chi connectivity index (χ4v) is 4.31. The van der Waals surface area contributed by atoms with Crippen LogP contribution in [0.1, 0.15) is 29.1 Å². The van der Waals surface area contributed by atoms with Crippen LogP contribution in [0.25, 0.3) is 0 Å². The van der Waals surface area contributed by atoms with Crippen molar-refractivity contribution in [3.05, 3.63) is 46.2 Å². The number of anilines is 1. The summed E-state index contributed by atoms with van der Waals surface area (Å²) in [5, 5.41) is 4.34. The molecule has 0 saturated carbocycles. The molecule has 0 aliphatic heterocycles. The molecule has 0 saturated heterocycles. The summed E-state index contributed by atoms with van der Waals surface area (Å²) in [6.45, 7) is 4.93. The first kappa shape index (κ1) is 21.1. The monoisotopic (exact) mass is 410 g/mol. The first-order valence-electron chi connectivity index (χ1n) is 8.22. The van der Waals surface area contributed by atoms with Gasteiger partial charge in [-0.25, -0.2) is 13.2 Å². The average molecular weight is 411 g/mol. The molecule has 7 nitrogen and oxygen atoms in total. The Morgan fingerprint density at radius 2 is 1.81 bits per heavy atom. The number of aryl methyl sites for hydroxylation is 1. The SMILES string of the molecule is Cc1ccsc1C(=O)OCC(=O)Nc1ccc(S(=O)(=O)N(C)C(C)C)cc1. The van der Waals surface area contributed by atoms with Crippen molar-refractivity contribution >= 4 is 38.9 Å². The number of thiophene rings is 1. The highest BCUT2D eigenvalue weighted by molar-refractivity contribution is 7.89. The van der Waals surface area contributed by atoms with Crippen molar-refractivity contribution in [2.45, 2.75) is 31.7 Å². The zero-order valence-electron chi connectivity index (χ0n) is 15.6. The van der Waals surface area contributed by atoms with E-state index in [2.05, 4.69) is 5.32 Å². The lowest BCUT2D eigenvalue weighted by molar-refractivity contribution is -0.119. The molecule has 0 aliphatic rings. The number of hydrogen-bond acceptors (Lipinski definition) is 6. The topological polar surface area (TPSA) is 92.8 Å². The Bertz CT molecular complexity index is 917. The van der Waals surface area contributed by atoms with Gasteiger partial charge in [-0.15, -0.1) is 11.3 Å². The van der Waals surface area contributed by atoms with E-state index in [9.17, 15) is 18.0 Å². The van der Waals surface area contributed by atoms with Crippen LogP contribution in [0.15, 0.2) is 40.6 Å². The summed E-state index contributed by atoms with van der Waals surface area (Å²) in [7, 11) is -2.07. The van der Waals surface area contributed by atoms with Gasteiger partial charge in [-0.2, -0.15) is 4.31 Å². The van der Waals surface area contributed by atoms with E-state index in [1.54, 1.807) is 32.2 Å². The number of nitrogens with one attached hydrogen (secondary N) is 1. The summed E-state index contributed by atoms with van der Waals surface area (Å²) < 4.78 is 31.1. The van der Waals surface area contributed by atoms with E-state index in [-0.39, 0.29) is 10.9 Å². The Morgan fingerprint density at radius 1 is 1.19 bits per heavy atom. The van der Waals surface area contributed by atoms with E-state index in [1.165, 1.54) is 47.0 Å². The van der Waals surface area contributed by atoms with Crippen molar-refractivity contribution in [3.63, 3.8) is 0 Å². The predicted molar refractivity (Wildman–Crippen MR) is 104 cm³/mol. The number of ether oxygens (including phenoxy) is 1. The van der Waals surface area contributed by atoms with Gasteiger partial charge in [0.2, 0.25) is 10.0 Å². The number of amides is 1. The number of nitrogens with zero attached hydrogens (tertiary/aromatic N) is 1. The van der Waals surface area contributed by atoms with E-state index < -0.39 is 28.5 Å². The summed E-state index contributed by atoms with van der Waals surface area (Å²) in [5.41, 5.74) is 1.21. The number of esters is 1. The summed E-state index contributed by atoms with van der Waals surface area (Å²) in [6, 6.07) is 7.45. The Morgan fingerprint density at radius 3 is 2.33 bits per heavy atom. The standard InChI is InChI=1S/C18H22N2O5S2/c1-12(2)20(4)27(23,24)15-7-5-14(6-8-15)19-16(21)11-25-18(22)17-13(3)9-10-26-17/h5-10,12H,11H2,1-4H3,(H,19,21). The van der Waals surface area contributed by atoms with Crippen molar-refractivity contribution in [3.8, 4) is 0 Å². The average Bonchev–Trinajstić information content (AvgIpc) is 3.05. The van der Waals surface area contributed by atoms with Crippen molar-refractivity contribution < 1.29 is 22.7 Å². The van der Waals surface area contributed by atoms with E-state index in [4.69, 9.17) is 4.74 Å². The lowest BCUT2D eigenvalue weighted by Crippen LogP contribution is -2.33. The molecule has 1 heterocycles. The normalized spacial score (nSPS) is 11.6. The van der Waals surface area contributed by atoms with Gasteiger partial charge in [0.1, 0.15) is 4.88 Å². The Kier molecular flexibility index (Phi) is 6.74. The molecule has 146 valence electrons.